The van der Waals surface area contributed by atoms with Crippen molar-refractivity contribution in [1.29, 1.82) is 0 Å². The summed E-state index contributed by atoms with van der Waals surface area (Å²) in [6.07, 6.45) is 1.48. The van der Waals surface area contributed by atoms with E-state index >= 15 is 0 Å². The monoisotopic (exact) mass is 149 g/mol. The summed E-state index contributed by atoms with van der Waals surface area (Å²) in [5.41, 5.74) is 3.42. The van der Waals surface area contributed by atoms with E-state index in [4.69, 9.17) is 9.62 Å². The molecule has 0 aliphatic rings. The van der Waals surface area contributed by atoms with Crippen LogP contribution < -0.4 is 5.48 Å². The smallest absolute Gasteiger partial charge is 0.136 e. The van der Waals surface area contributed by atoms with E-state index in [9.17, 15) is 0 Å². The first kappa shape index (κ1) is 6.24. The molecule has 0 saturated carbocycles. The van der Waals surface area contributed by atoms with Crippen LogP contribution in [0, 0.1) is 0 Å². The van der Waals surface area contributed by atoms with Crippen LogP contribution in [0.1, 0.15) is 0 Å². The molecule has 56 valence electrons. The van der Waals surface area contributed by atoms with Crippen LogP contribution in [0.25, 0.3) is 11.0 Å². The summed E-state index contributed by atoms with van der Waals surface area (Å²) in [5, 5.41) is 9.50. The van der Waals surface area contributed by atoms with E-state index in [0.29, 0.717) is 5.69 Å². The highest BCUT2D eigenvalue weighted by Crippen LogP contribution is 2.24. The van der Waals surface area contributed by atoms with Gasteiger partial charge in [0.2, 0.25) is 0 Å². The van der Waals surface area contributed by atoms with Gasteiger partial charge in [0.05, 0.1) is 0 Å². The third-order valence-corrected chi connectivity index (χ3v) is 1.60. The topological polar surface area (TPSA) is 45.4 Å². The SMILES string of the molecule is ONc1coc2ccccc12. The van der Waals surface area contributed by atoms with Crippen molar-refractivity contribution in [3.05, 3.63) is 30.5 Å². The zero-order valence-electron chi connectivity index (χ0n) is 5.74. The maximum absolute atomic E-state index is 8.61. The average molecular weight is 149 g/mol. The molecule has 0 aliphatic heterocycles. The lowest BCUT2D eigenvalue weighted by molar-refractivity contribution is 0.388. The molecule has 2 N–H and O–H groups in total. The van der Waals surface area contributed by atoms with E-state index in [1.54, 1.807) is 0 Å². The van der Waals surface area contributed by atoms with Gasteiger partial charge in [0.15, 0.2) is 0 Å². The summed E-state index contributed by atoms with van der Waals surface area (Å²) in [5.74, 6) is 0. The van der Waals surface area contributed by atoms with Gasteiger partial charge < -0.3 is 4.42 Å². The first-order valence-electron chi connectivity index (χ1n) is 3.28. The van der Waals surface area contributed by atoms with Crippen LogP contribution in [0.5, 0.6) is 0 Å². The number of benzene rings is 1. The van der Waals surface area contributed by atoms with Crippen LogP contribution in [0.2, 0.25) is 0 Å². The minimum atomic E-state index is 0.598. The van der Waals surface area contributed by atoms with Crippen molar-refractivity contribution < 1.29 is 9.62 Å². The molecule has 0 saturated heterocycles. The van der Waals surface area contributed by atoms with Gasteiger partial charge in [-0.1, -0.05) is 12.1 Å². The number of para-hydroxylation sites is 1. The van der Waals surface area contributed by atoms with E-state index in [-0.39, 0.29) is 0 Å². The zero-order valence-corrected chi connectivity index (χ0v) is 5.74. The van der Waals surface area contributed by atoms with Crippen LogP contribution in [0.4, 0.5) is 5.69 Å². The van der Waals surface area contributed by atoms with Gasteiger partial charge in [-0.3, -0.25) is 10.7 Å². The van der Waals surface area contributed by atoms with E-state index < -0.39 is 0 Å². The third-order valence-electron chi connectivity index (χ3n) is 1.60. The van der Waals surface area contributed by atoms with Gasteiger partial charge in [-0.2, -0.15) is 0 Å². The third kappa shape index (κ3) is 0.860. The molecule has 2 rings (SSSR count). The molecule has 1 aromatic carbocycles. The standard InChI is InChI=1S/C8H7NO2/c10-9-7-5-11-8-4-2-1-3-6(7)8/h1-5,9-10H. The van der Waals surface area contributed by atoms with Gasteiger partial charge in [-0.25, -0.2) is 0 Å². The first-order chi connectivity index (χ1) is 5.42. The summed E-state index contributed by atoms with van der Waals surface area (Å²) in [6.45, 7) is 0. The Hall–Kier alpha value is -1.48. The lowest BCUT2D eigenvalue weighted by Crippen LogP contribution is -1.85. The Balaban J connectivity index is 2.76. The van der Waals surface area contributed by atoms with Crippen molar-refractivity contribution in [1.82, 2.24) is 0 Å². The normalized spacial score (nSPS) is 10.3. The fourth-order valence-electron chi connectivity index (χ4n) is 1.06. The minimum Gasteiger partial charge on any atom is -0.462 e. The molecule has 3 heteroatoms. The van der Waals surface area contributed by atoms with Gasteiger partial charge >= 0.3 is 0 Å². The summed E-state index contributed by atoms with van der Waals surface area (Å²) in [7, 11) is 0. The summed E-state index contributed by atoms with van der Waals surface area (Å²) >= 11 is 0. The predicted molar refractivity (Wildman–Crippen MR) is 41.6 cm³/mol. The second-order valence-electron chi connectivity index (χ2n) is 2.26. The first-order valence-corrected chi connectivity index (χ1v) is 3.28. The second-order valence-corrected chi connectivity index (χ2v) is 2.26. The van der Waals surface area contributed by atoms with E-state index in [0.717, 1.165) is 11.0 Å². The van der Waals surface area contributed by atoms with Crippen LogP contribution in [-0.2, 0) is 0 Å². The lowest BCUT2D eigenvalue weighted by Gasteiger charge is -1.90. The number of hydrogen-bond donors (Lipinski definition) is 2. The van der Waals surface area contributed by atoms with Crippen molar-refractivity contribution in [3.8, 4) is 0 Å². The Bertz CT molecular complexity index is 367. The van der Waals surface area contributed by atoms with Gasteiger partial charge in [0, 0.05) is 5.39 Å². The highest BCUT2D eigenvalue weighted by atomic mass is 16.5. The fourth-order valence-corrected chi connectivity index (χ4v) is 1.06. The largest absolute Gasteiger partial charge is 0.462 e. The minimum absolute atomic E-state index is 0.598. The molecule has 3 nitrogen and oxygen atoms in total. The van der Waals surface area contributed by atoms with Crippen LogP contribution in [-0.4, -0.2) is 5.21 Å². The molecule has 0 spiro atoms. The number of hydrogen-bond acceptors (Lipinski definition) is 3. The number of furan rings is 1. The Labute approximate surface area is 63.2 Å². The second kappa shape index (κ2) is 2.29. The van der Waals surface area contributed by atoms with Crippen molar-refractivity contribution >= 4 is 16.7 Å². The number of nitrogens with one attached hydrogen (secondary N) is 1. The average Bonchev–Trinajstić information content (AvgIpc) is 2.47. The Morgan fingerprint density at radius 3 is 2.91 bits per heavy atom. The Morgan fingerprint density at radius 1 is 1.27 bits per heavy atom. The van der Waals surface area contributed by atoms with Crippen LogP contribution in [0.3, 0.4) is 0 Å². The molecular formula is C8H7NO2. The number of anilines is 1. The molecule has 0 radical (unpaired) electrons. The molecule has 0 amide bonds. The molecule has 2 aromatic rings. The van der Waals surface area contributed by atoms with Gasteiger partial charge in [-0.05, 0) is 12.1 Å². The number of fused-ring (bicyclic) bond motifs is 1. The maximum Gasteiger partial charge on any atom is 0.136 e. The number of rotatable bonds is 1. The van der Waals surface area contributed by atoms with Crippen LogP contribution >= 0.6 is 0 Å². The van der Waals surface area contributed by atoms with Crippen molar-refractivity contribution in [2.75, 3.05) is 5.48 Å². The molecule has 1 heterocycles. The maximum atomic E-state index is 8.61. The molecule has 0 unspecified atom stereocenters. The molecule has 11 heavy (non-hydrogen) atoms. The van der Waals surface area contributed by atoms with Gasteiger partial charge in [0.1, 0.15) is 17.5 Å². The Kier molecular flexibility index (Phi) is 1.30. The van der Waals surface area contributed by atoms with E-state index in [1.165, 1.54) is 6.26 Å². The van der Waals surface area contributed by atoms with E-state index in [2.05, 4.69) is 5.48 Å². The summed E-state index contributed by atoms with van der Waals surface area (Å²) in [4.78, 5) is 0. The highest BCUT2D eigenvalue weighted by molar-refractivity contribution is 5.89. The molecular weight excluding hydrogens is 142 g/mol. The van der Waals surface area contributed by atoms with Gasteiger partial charge in [0.25, 0.3) is 0 Å². The molecule has 0 bridgehead atoms. The van der Waals surface area contributed by atoms with Crippen molar-refractivity contribution in [2.24, 2.45) is 0 Å². The predicted octanol–water partition coefficient (Wildman–Crippen LogP) is 2.23. The highest BCUT2D eigenvalue weighted by Gasteiger charge is 2.01. The van der Waals surface area contributed by atoms with E-state index in [1.807, 2.05) is 24.3 Å². The molecule has 1 aromatic heterocycles. The van der Waals surface area contributed by atoms with Crippen molar-refractivity contribution in [3.63, 3.8) is 0 Å². The molecule has 0 fully saturated rings. The molecule has 0 atom stereocenters. The fraction of sp³-hybridized carbons (Fsp3) is 0. The van der Waals surface area contributed by atoms with Crippen LogP contribution in [0.15, 0.2) is 34.9 Å². The Morgan fingerprint density at radius 2 is 2.09 bits per heavy atom. The summed E-state index contributed by atoms with van der Waals surface area (Å²) < 4.78 is 5.12. The quantitative estimate of drug-likeness (QED) is 0.611. The molecule has 0 aliphatic carbocycles. The van der Waals surface area contributed by atoms with Gasteiger partial charge in [-0.15, -0.1) is 0 Å². The van der Waals surface area contributed by atoms with Crippen molar-refractivity contribution in [2.45, 2.75) is 0 Å². The zero-order chi connectivity index (χ0) is 7.68. The summed E-state index contributed by atoms with van der Waals surface area (Å²) in [6, 6.07) is 7.49. The lowest BCUT2D eigenvalue weighted by atomic mass is 10.2.